The molecule has 1 aliphatic rings. The first-order chi connectivity index (χ1) is 12.8. The summed E-state index contributed by atoms with van der Waals surface area (Å²) < 4.78 is 0. The zero-order chi connectivity index (χ0) is 19.8. The zero-order valence-corrected chi connectivity index (χ0v) is 17.3. The highest BCUT2D eigenvalue weighted by Gasteiger charge is 2.45. The zero-order valence-electron chi connectivity index (χ0n) is 16.5. The van der Waals surface area contributed by atoms with Gasteiger partial charge in [-0.2, -0.15) is 0 Å². The fraction of sp³-hybridized carbons (Fsp3) is 0.450. The molecule has 0 saturated carbocycles. The molecule has 27 heavy (non-hydrogen) atoms. The van der Waals surface area contributed by atoms with Gasteiger partial charge in [0.25, 0.3) is 0 Å². The van der Waals surface area contributed by atoms with Crippen molar-refractivity contribution in [3.63, 3.8) is 0 Å². The summed E-state index contributed by atoms with van der Waals surface area (Å²) in [7, 11) is 1.74. The van der Waals surface area contributed by atoms with Crippen LogP contribution in [0.2, 0.25) is 0 Å². The van der Waals surface area contributed by atoms with Crippen molar-refractivity contribution in [1.82, 2.24) is 10.3 Å². The quantitative estimate of drug-likeness (QED) is 0.802. The molecule has 0 aliphatic carbocycles. The van der Waals surface area contributed by atoms with Gasteiger partial charge in [0.05, 0.1) is 22.6 Å². The van der Waals surface area contributed by atoms with Crippen molar-refractivity contribution < 1.29 is 9.59 Å². The lowest BCUT2D eigenvalue weighted by Gasteiger charge is -2.27. The molecule has 1 aromatic heterocycles. The number of anilines is 2. The molecule has 0 fully saturated rings. The molecule has 0 atom stereocenters. The van der Waals surface area contributed by atoms with Crippen LogP contribution in [0, 0.1) is 12.3 Å². The number of fused-ring (bicyclic) bond motifs is 1. The van der Waals surface area contributed by atoms with Crippen LogP contribution in [0.15, 0.2) is 23.7 Å². The van der Waals surface area contributed by atoms with Crippen molar-refractivity contribution in [2.24, 2.45) is 5.41 Å². The number of aryl methyl sites for hydroxylation is 1. The van der Waals surface area contributed by atoms with Gasteiger partial charge in [-0.1, -0.05) is 6.07 Å². The Morgan fingerprint density at radius 2 is 1.89 bits per heavy atom. The second-order valence-corrected chi connectivity index (χ2v) is 8.27. The monoisotopic (exact) mass is 386 g/mol. The molecular formula is C20H26N4O2S. The van der Waals surface area contributed by atoms with E-state index in [0.29, 0.717) is 13.1 Å². The average molecular weight is 387 g/mol. The molecule has 1 N–H and O–H groups in total. The third kappa shape index (κ3) is 3.49. The Hall–Kier alpha value is -2.25. The van der Waals surface area contributed by atoms with E-state index in [0.717, 1.165) is 29.2 Å². The average Bonchev–Trinajstić information content (AvgIpc) is 3.04. The number of aromatic nitrogens is 1. The van der Waals surface area contributed by atoms with Gasteiger partial charge in [0.2, 0.25) is 11.8 Å². The summed E-state index contributed by atoms with van der Waals surface area (Å²) in [6.45, 7) is 9.30. The Kier molecular flexibility index (Phi) is 5.35. The highest BCUT2D eigenvalue weighted by Crippen LogP contribution is 2.38. The Labute approximate surface area is 164 Å². The van der Waals surface area contributed by atoms with Crippen LogP contribution in [-0.4, -0.2) is 30.4 Å². The van der Waals surface area contributed by atoms with E-state index in [-0.39, 0.29) is 11.8 Å². The first-order valence-electron chi connectivity index (χ1n) is 9.10. The maximum absolute atomic E-state index is 12.9. The topological polar surface area (TPSA) is 65.5 Å². The van der Waals surface area contributed by atoms with Crippen molar-refractivity contribution >= 4 is 34.5 Å². The predicted octanol–water partition coefficient (Wildman–Crippen LogP) is 3.10. The highest BCUT2D eigenvalue weighted by molar-refractivity contribution is 7.09. The highest BCUT2D eigenvalue weighted by atomic mass is 32.1. The second-order valence-electron chi connectivity index (χ2n) is 7.33. The molecule has 0 spiro atoms. The lowest BCUT2D eigenvalue weighted by molar-refractivity contribution is -0.137. The number of thiazole rings is 1. The molecule has 0 radical (unpaired) electrons. The van der Waals surface area contributed by atoms with E-state index in [2.05, 4.69) is 10.3 Å². The summed E-state index contributed by atoms with van der Waals surface area (Å²) >= 11 is 1.64. The van der Waals surface area contributed by atoms with Crippen molar-refractivity contribution in [1.29, 1.82) is 0 Å². The molecule has 7 heteroatoms. The normalized spacial score (nSPS) is 16.5. The number of nitrogens with one attached hydrogen (secondary N) is 1. The predicted molar refractivity (Wildman–Crippen MR) is 109 cm³/mol. The van der Waals surface area contributed by atoms with Crippen LogP contribution in [0.25, 0.3) is 0 Å². The molecule has 144 valence electrons. The summed E-state index contributed by atoms with van der Waals surface area (Å²) in [5, 5.41) is 3.43. The van der Waals surface area contributed by atoms with E-state index in [4.69, 9.17) is 0 Å². The first-order valence-corrected chi connectivity index (χ1v) is 9.98. The van der Waals surface area contributed by atoms with E-state index < -0.39 is 5.41 Å². The minimum Gasteiger partial charge on any atom is -0.313 e. The van der Waals surface area contributed by atoms with Crippen LogP contribution >= 0.6 is 11.3 Å². The molecular weight excluding hydrogens is 360 g/mol. The van der Waals surface area contributed by atoms with Crippen LogP contribution in [0.4, 0.5) is 11.4 Å². The molecule has 6 nitrogen and oxygen atoms in total. The Morgan fingerprint density at radius 3 is 2.52 bits per heavy atom. The van der Waals surface area contributed by atoms with Crippen molar-refractivity contribution in [3.8, 4) is 0 Å². The van der Waals surface area contributed by atoms with Crippen molar-refractivity contribution in [2.45, 2.75) is 40.8 Å². The third-order valence-corrected chi connectivity index (χ3v) is 6.02. The van der Waals surface area contributed by atoms with Crippen molar-refractivity contribution in [2.75, 3.05) is 23.4 Å². The lowest BCUT2D eigenvalue weighted by Crippen LogP contribution is -2.47. The Bertz CT molecular complexity index is 875. The largest absolute Gasteiger partial charge is 0.313 e. The number of hydrogen-bond acceptors (Lipinski definition) is 5. The molecule has 2 heterocycles. The van der Waals surface area contributed by atoms with Gasteiger partial charge in [0, 0.05) is 31.6 Å². The molecule has 0 saturated heterocycles. The lowest BCUT2D eigenvalue weighted by atomic mass is 9.90. The number of rotatable bonds is 5. The van der Waals surface area contributed by atoms with Crippen molar-refractivity contribution in [3.05, 3.63) is 39.8 Å². The van der Waals surface area contributed by atoms with Gasteiger partial charge in [-0.05, 0) is 45.4 Å². The minimum atomic E-state index is -1.08. The molecule has 0 unspecified atom stereocenters. The summed E-state index contributed by atoms with van der Waals surface area (Å²) in [5.41, 5.74) is 4.46. The van der Waals surface area contributed by atoms with Crippen LogP contribution in [0.1, 0.15) is 36.9 Å². The van der Waals surface area contributed by atoms with Gasteiger partial charge >= 0.3 is 0 Å². The van der Waals surface area contributed by atoms with Crippen LogP contribution in [0.5, 0.6) is 0 Å². The van der Waals surface area contributed by atoms with Gasteiger partial charge in [-0.3, -0.25) is 9.59 Å². The first kappa shape index (κ1) is 19.5. The van der Waals surface area contributed by atoms with Crippen LogP contribution in [0.3, 0.4) is 0 Å². The molecule has 1 aromatic carbocycles. The number of nitrogens with zero attached hydrogens (tertiary/aromatic N) is 3. The van der Waals surface area contributed by atoms with Gasteiger partial charge in [0.1, 0.15) is 5.41 Å². The molecule has 2 amide bonds. The number of benzene rings is 1. The second kappa shape index (κ2) is 7.40. The molecule has 2 aromatic rings. The van der Waals surface area contributed by atoms with E-state index in [1.165, 1.54) is 4.88 Å². The van der Waals surface area contributed by atoms with Gasteiger partial charge in [-0.25, -0.2) is 4.98 Å². The summed E-state index contributed by atoms with van der Waals surface area (Å²) in [5.74, 6) is -0.345. The number of carbonyl (C=O) groups excluding carboxylic acids is 2. The van der Waals surface area contributed by atoms with Crippen LogP contribution < -0.4 is 15.1 Å². The SMILES string of the molecule is CCN1C(=O)C(C)(C)C(=O)N(C)c2cc(CNCc3scnc3C)ccc21. The smallest absolute Gasteiger partial charge is 0.242 e. The van der Waals surface area contributed by atoms with Gasteiger partial charge in [0.15, 0.2) is 0 Å². The fourth-order valence-corrected chi connectivity index (χ4v) is 4.12. The van der Waals surface area contributed by atoms with E-state index >= 15 is 0 Å². The Balaban J connectivity index is 1.86. The summed E-state index contributed by atoms with van der Waals surface area (Å²) in [4.78, 5) is 34.6. The molecule has 1 aliphatic heterocycles. The summed E-state index contributed by atoms with van der Waals surface area (Å²) in [6, 6.07) is 5.95. The number of amides is 2. The fourth-order valence-electron chi connectivity index (χ4n) is 3.37. The maximum Gasteiger partial charge on any atom is 0.242 e. The van der Waals surface area contributed by atoms with Crippen LogP contribution in [-0.2, 0) is 22.7 Å². The van der Waals surface area contributed by atoms with E-state index in [1.54, 1.807) is 42.0 Å². The summed E-state index contributed by atoms with van der Waals surface area (Å²) in [6.07, 6.45) is 0. The molecule has 0 bridgehead atoms. The standard InChI is InChI=1S/C20H26N4O2S/c1-6-24-15-8-7-14(10-21-11-17-13(2)22-12-27-17)9-16(15)23(5)18(25)20(3,4)19(24)26/h7-9,12,21H,6,10-11H2,1-5H3. The number of carbonyl (C=O) groups is 2. The Morgan fingerprint density at radius 1 is 1.15 bits per heavy atom. The number of hydrogen-bond donors (Lipinski definition) is 1. The minimum absolute atomic E-state index is 0.160. The van der Waals surface area contributed by atoms with E-state index in [1.807, 2.05) is 37.6 Å². The molecule has 3 rings (SSSR count). The van der Waals surface area contributed by atoms with E-state index in [9.17, 15) is 9.59 Å². The third-order valence-electron chi connectivity index (χ3n) is 5.09. The van der Waals surface area contributed by atoms with Gasteiger partial charge < -0.3 is 15.1 Å². The van der Waals surface area contributed by atoms with Gasteiger partial charge in [-0.15, -0.1) is 11.3 Å². The maximum atomic E-state index is 12.9.